The van der Waals surface area contributed by atoms with E-state index in [0.717, 1.165) is 63.1 Å². The van der Waals surface area contributed by atoms with Gasteiger partial charge in [0, 0.05) is 38.2 Å². The molecular weight excluding hydrogens is 358 g/mol. The molecule has 5 rings (SSSR count). The van der Waals surface area contributed by atoms with E-state index in [9.17, 15) is 0 Å². The van der Waals surface area contributed by atoms with E-state index in [1.807, 2.05) is 0 Å². The summed E-state index contributed by atoms with van der Waals surface area (Å²) in [4.78, 5) is 4.88. The van der Waals surface area contributed by atoms with E-state index in [0.29, 0.717) is 0 Å². The van der Waals surface area contributed by atoms with Gasteiger partial charge in [-0.15, -0.1) is 0 Å². The van der Waals surface area contributed by atoms with E-state index in [-0.39, 0.29) is 6.10 Å². The Kier molecular flexibility index (Phi) is 4.86. The molecule has 0 amide bonds. The van der Waals surface area contributed by atoms with Gasteiger partial charge in [-0.1, -0.05) is 12.1 Å². The Morgan fingerprint density at radius 3 is 2.78 bits per heavy atom. The fourth-order valence-corrected chi connectivity index (χ4v) is 4.85. The van der Waals surface area contributed by atoms with Crippen molar-refractivity contribution < 1.29 is 9.15 Å². The molecule has 5 nitrogen and oxygen atoms in total. The van der Waals surface area contributed by atoms with Crippen LogP contribution in [0.5, 0.6) is 0 Å². The lowest BCUT2D eigenvalue weighted by Crippen LogP contribution is -2.46. The summed E-state index contributed by atoms with van der Waals surface area (Å²) in [5, 5.41) is 1.28. The molecule has 3 aromatic rings. The number of anilines is 1. The van der Waals surface area contributed by atoms with E-state index in [4.69, 9.17) is 13.5 Å². The van der Waals surface area contributed by atoms with E-state index in [2.05, 4.69) is 46.2 Å². The maximum absolute atomic E-state index is 6.09. The van der Waals surface area contributed by atoms with Gasteiger partial charge in [-0.05, 0) is 55.1 Å². The second-order valence-corrected chi connectivity index (χ2v) is 8.23. The molecule has 4 heterocycles. The van der Waals surface area contributed by atoms with Crippen LogP contribution in [0, 0.1) is 0 Å². The number of rotatable bonds is 4. The molecule has 0 aliphatic carbocycles. The Labute approximate surface area is 163 Å². The second-order valence-electron chi connectivity index (χ2n) is 7.42. The monoisotopic (exact) mass is 383 g/mol. The van der Waals surface area contributed by atoms with E-state index in [1.165, 1.54) is 22.9 Å². The smallest absolute Gasteiger partial charge is 0.150 e. The summed E-state index contributed by atoms with van der Waals surface area (Å²) in [5.74, 6) is 3.19. The Morgan fingerprint density at radius 1 is 1.04 bits per heavy atom. The average Bonchev–Trinajstić information content (AvgIpc) is 3.37. The summed E-state index contributed by atoms with van der Waals surface area (Å²) >= 11 is 1.60. The predicted molar refractivity (Wildman–Crippen MR) is 108 cm³/mol. The second kappa shape index (κ2) is 7.62. The highest BCUT2D eigenvalue weighted by Gasteiger charge is 2.23. The van der Waals surface area contributed by atoms with Gasteiger partial charge < -0.3 is 14.1 Å². The van der Waals surface area contributed by atoms with Crippen molar-refractivity contribution in [1.82, 2.24) is 9.27 Å². The number of ether oxygens (including phenoxy) is 1. The van der Waals surface area contributed by atoms with Crippen molar-refractivity contribution in [2.24, 2.45) is 0 Å². The van der Waals surface area contributed by atoms with Crippen molar-refractivity contribution in [2.75, 3.05) is 37.7 Å². The number of hydrogen-bond acceptors (Lipinski definition) is 6. The van der Waals surface area contributed by atoms with Gasteiger partial charge in [-0.3, -0.25) is 4.90 Å². The van der Waals surface area contributed by atoms with Gasteiger partial charge in [-0.2, -0.15) is 4.37 Å². The molecule has 2 aliphatic heterocycles. The molecule has 0 N–H and O–H groups in total. The molecule has 0 radical (unpaired) electrons. The van der Waals surface area contributed by atoms with Crippen molar-refractivity contribution in [3.63, 3.8) is 0 Å². The first kappa shape index (κ1) is 17.2. The van der Waals surface area contributed by atoms with Crippen LogP contribution >= 0.6 is 11.5 Å². The Morgan fingerprint density at radius 2 is 1.93 bits per heavy atom. The van der Waals surface area contributed by atoms with Gasteiger partial charge in [0.05, 0.1) is 11.2 Å². The lowest BCUT2D eigenvalue weighted by Gasteiger charge is -2.34. The van der Waals surface area contributed by atoms with Crippen molar-refractivity contribution in [3.8, 4) is 0 Å². The van der Waals surface area contributed by atoms with E-state index < -0.39 is 0 Å². The number of benzene rings is 1. The van der Waals surface area contributed by atoms with Crippen molar-refractivity contribution in [2.45, 2.75) is 31.9 Å². The number of hydrogen-bond donors (Lipinski definition) is 0. The summed E-state index contributed by atoms with van der Waals surface area (Å²) in [6, 6.07) is 12.7. The molecule has 27 heavy (non-hydrogen) atoms. The van der Waals surface area contributed by atoms with Gasteiger partial charge in [0.15, 0.2) is 0 Å². The summed E-state index contributed by atoms with van der Waals surface area (Å²) in [5.41, 5.74) is 0. The third-order valence-electron chi connectivity index (χ3n) is 5.59. The van der Waals surface area contributed by atoms with Crippen LogP contribution in [-0.4, -0.2) is 42.1 Å². The Hall–Kier alpha value is -1.89. The van der Waals surface area contributed by atoms with Crippen LogP contribution in [-0.2, 0) is 11.3 Å². The molecule has 1 unspecified atom stereocenters. The highest BCUT2D eigenvalue weighted by molar-refractivity contribution is 7.13. The molecule has 142 valence electrons. The highest BCUT2D eigenvalue weighted by Crippen LogP contribution is 2.31. The average molecular weight is 384 g/mol. The number of furan rings is 1. The van der Waals surface area contributed by atoms with Crippen molar-refractivity contribution >= 4 is 27.4 Å². The number of piperazine rings is 1. The van der Waals surface area contributed by atoms with Crippen LogP contribution in [0.3, 0.4) is 0 Å². The SMILES string of the molecule is c1ccc2c(N3CCN(Cc4ccc(C5CCCCO5)o4)CC3)nsc2c1. The third-order valence-corrected chi connectivity index (χ3v) is 6.41. The zero-order valence-electron chi connectivity index (χ0n) is 15.5. The molecule has 2 saturated heterocycles. The summed E-state index contributed by atoms with van der Waals surface area (Å²) in [7, 11) is 0. The summed E-state index contributed by atoms with van der Waals surface area (Å²) in [6.45, 7) is 5.80. The zero-order valence-corrected chi connectivity index (χ0v) is 16.3. The highest BCUT2D eigenvalue weighted by atomic mass is 32.1. The molecule has 2 aromatic heterocycles. The van der Waals surface area contributed by atoms with Crippen LogP contribution < -0.4 is 4.90 Å². The fraction of sp³-hybridized carbons (Fsp3) is 0.476. The molecule has 0 saturated carbocycles. The quantitative estimate of drug-likeness (QED) is 0.666. The zero-order chi connectivity index (χ0) is 18.1. The fourth-order valence-electron chi connectivity index (χ4n) is 4.06. The minimum absolute atomic E-state index is 0.155. The van der Waals surface area contributed by atoms with Crippen LogP contribution in [0.4, 0.5) is 5.82 Å². The molecular formula is C21H25N3O2S. The molecule has 2 aliphatic rings. The number of nitrogens with zero attached hydrogens (tertiary/aromatic N) is 3. The minimum Gasteiger partial charge on any atom is -0.462 e. The van der Waals surface area contributed by atoms with Gasteiger partial charge in [-0.25, -0.2) is 0 Å². The topological polar surface area (TPSA) is 41.7 Å². The lowest BCUT2D eigenvalue weighted by molar-refractivity contribution is 0.000833. The van der Waals surface area contributed by atoms with Gasteiger partial charge in [0.1, 0.15) is 23.4 Å². The van der Waals surface area contributed by atoms with Crippen LogP contribution in [0.2, 0.25) is 0 Å². The first-order valence-electron chi connectivity index (χ1n) is 9.89. The first-order chi connectivity index (χ1) is 13.4. The predicted octanol–water partition coefficient (Wildman–Crippen LogP) is 4.45. The van der Waals surface area contributed by atoms with E-state index in [1.54, 1.807) is 11.5 Å². The van der Waals surface area contributed by atoms with Gasteiger partial charge in [0.2, 0.25) is 0 Å². The maximum atomic E-state index is 6.09. The molecule has 1 aromatic carbocycles. The van der Waals surface area contributed by atoms with Crippen molar-refractivity contribution in [1.29, 1.82) is 0 Å². The van der Waals surface area contributed by atoms with Gasteiger partial charge >= 0.3 is 0 Å². The molecule has 0 spiro atoms. The first-order valence-corrected chi connectivity index (χ1v) is 10.7. The van der Waals surface area contributed by atoms with Crippen LogP contribution in [0.25, 0.3) is 10.1 Å². The summed E-state index contributed by atoms with van der Waals surface area (Å²) in [6.07, 6.45) is 3.63. The molecule has 0 bridgehead atoms. The third kappa shape index (κ3) is 3.61. The molecule has 6 heteroatoms. The summed E-state index contributed by atoms with van der Waals surface area (Å²) < 4.78 is 17.9. The Balaban J connectivity index is 1.19. The standard InChI is InChI=1S/C21H25N3O2S/c1-2-7-20-17(5-1)21(22-27-20)24-12-10-23(11-13-24)15-16-8-9-19(26-16)18-6-3-4-14-25-18/h1-2,5,7-9,18H,3-4,6,10-15H2. The normalized spacial score (nSPS) is 21.8. The molecule has 2 fully saturated rings. The van der Waals surface area contributed by atoms with Crippen LogP contribution in [0.15, 0.2) is 40.8 Å². The van der Waals surface area contributed by atoms with Crippen molar-refractivity contribution in [3.05, 3.63) is 47.9 Å². The Bertz CT molecular complexity index is 892. The largest absolute Gasteiger partial charge is 0.462 e. The van der Waals surface area contributed by atoms with E-state index >= 15 is 0 Å². The van der Waals surface area contributed by atoms with Crippen LogP contribution in [0.1, 0.15) is 36.9 Å². The minimum atomic E-state index is 0.155. The lowest BCUT2D eigenvalue weighted by atomic mass is 10.1. The maximum Gasteiger partial charge on any atom is 0.150 e. The van der Waals surface area contributed by atoms with Gasteiger partial charge in [0.25, 0.3) is 0 Å². The number of fused-ring (bicyclic) bond motifs is 1. The number of aromatic nitrogens is 1. The molecule has 1 atom stereocenters.